The van der Waals surface area contributed by atoms with Crippen molar-refractivity contribution in [1.82, 2.24) is 9.62 Å². The predicted molar refractivity (Wildman–Crippen MR) is 88.0 cm³/mol. The van der Waals surface area contributed by atoms with Crippen LogP contribution in [-0.4, -0.2) is 39.9 Å². The molecule has 1 unspecified atom stereocenters. The van der Waals surface area contributed by atoms with Gasteiger partial charge in [-0.15, -0.1) is 0 Å². The maximum atomic E-state index is 12.5. The van der Waals surface area contributed by atoms with E-state index in [9.17, 15) is 8.42 Å². The van der Waals surface area contributed by atoms with E-state index in [0.717, 1.165) is 25.8 Å². The summed E-state index contributed by atoms with van der Waals surface area (Å²) in [6.07, 6.45) is 2.99. The Morgan fingerprint density at radius 1 is 1.24 bits per heavy atom. The van der Waals surface area contributed by atoms with Crippen molar-refractivity contribution in [2.24, 2.45) is 5.92 Å². The SMILES string of the molecule is CCC(C)CN(C)S(=O)(=O)c1ccc(CCCNC)cc1. The Morgan fingerprint density at radius 2 is 1.86 bits per heavy atom. The zero-order chi connectivity index (χ0) is 15.9. The van der Waals surface area contributed by atoms with Crippen molar-refractivity contribution in [3.63, 3.8) is 0 Å². The summed E-state index contributed by atoms with van der Waals surface area (Å²) in [7, 11) is 0.223. The first-order valence-corrected chi connectivity index (χ1v) is 9.05. The fourth-order valence-corrected chi connectivity index (χ4v) is 3.43. The van der Waals surface area contributed by atoms with Gasteiger partial charge in [0.15, 0.2) is 0 Å². The first kappa shape index (κ1) is 18.1. The summed E-state index contributed by atoms with van der Waals surface area (Å²) in [5.41, 5.74) is 1.17. The lowest BCUT2D eigenvalue weighted by molar-refractivity contribution is 0.393. The molecule has 1 aromatic carbocycles. The molecule has 1 N–H and O–H groups in total. The van der Waals surface area contributed by atoms with E-state index in [1.807, 2.05) is 19.2 Å². The molecule has 0 saturated heterocycles. The highest BCUT2D eigenvalue weighted by Crippen LogP contribution is 2.17. The summed E-state index contributed by atoms with van der Waals surface area (Å²) in [6.45, 7) is 5.67. The Labute approximate surface area is 129 Å². The van der Waals surface area contributed by atoms with Gasteiger partial charge in [-0.1, -0.05) is 32.4 Å². The zero-order valence-electron chi connectivity index (χ0n) is 13.6. The highest BCUT2D eigenvalue weighted by Gasteiger charge is 2.21. The van der Waals surface area contributed by atoms with Crippen molar-refractivity contribution in [2.75, 3.05) is 27.2 Å². The Hall–Kier alpha value is -0.910. The number of benzene rings is 1. The lowest BCUT2D eigenvalue weighted by Crippen LogP contribution is -2.31. The van der Waals surface area contributed by atoms with Gasteiger partial charge in [0.1, 0.15) is 0 Å². The second kappa shape index (κ2) is 8.51. The van der Waals surface area contributed by atoms with Gasteiger partial charge in [-0.25, -0.2) is 12.7 Å². The highest BCUT2D eigenvalue weighted by molar-refractivity contribution is 7.89. The Balaban J connectivity index is 2.75. The Bertz CT molecular complexity index is 512. The normalized spacial score (nSPS) is 13.6. The monoisotopic (exact) mass is 312 g/mol. The molecule has 0 aromatic heterocycles. The molecule has 0 bridgehead atoms. The van der Waals surface area contributed by atoms with Gasteiger partial charge in [0, 0.05) is 13.6 Å². The Morgan fingerprint density at radius 3 is 2.38 bits per heavy atom. The van der Waals surface area contributed by atoms with Crippen LogP contribution in [-0.2, 0) is 16.4 Å². The molecule has 0 spiro atoms. The van der Waals surface area contributed by atoms with Crippen LogP contribution < -0.4 is 5.32 Å². The summed E-state index contributed by atoms with van der Waals surface area (Å²) in [5.74, 6) is 0.366. The minimum absolute atomic E-state index is 0.366. The molecule has 1 rings (SSSR count). The average molecular weight is 312 g/mol. The molecule has 0 radical (unpaired) electrons. The van der Waals surface area contributed by atoms with Crippen LogP contribution in [0.4, 0.5) is 0 Å². The summed E-state index contributed by atoms with van der Waals surface area (Å²) in [5, 5.41) is 3.11. The van der Waals surface area contributed by atoms with Crippen LogP contribution in [0.3, 0.4) is 0 Å². The number of hydrogen-bond donors (Lipinski definition) is 1. The van der Waals surface area contributed by atoms with E-state index in [4.69, 9.17) is 0 Å². The maximum absolute atomic E-state index is 12.5. The van der Waals surface area contributed by atoms with Crippen LogP contribution in [0.25, 0.3) is 0 Å². The number of nitrogens with one attached hydrogen (secondary N) is 1. The average Bonchev–Trinajstić information content (AvgIpc) is 2.47. The summed E-state index contributed by atoms with van der Waals surface area (Å²) in [6, 6.07) is 7.27. The predicted octanol–water partition coefficient (Wildman–Crippen LogP) is 2.51. The Kier molecular flexibility index (Phi) is 7.35. The molecule has 0 saturated carbocycles. The number of nitrogens with zero attached hydrogens (tertiary/aromatic N) is 1. The largest absolute Gasteiger partial charge is 0.320 e. The second-order valence-corrected chi connectivity index (χ2v) is 7.69. The van der Waals surface area contributed by atoms with E-state index in [0.29, 0.717) is 17.4 Å². The van der Waals surface area contributed by atoms with E-state index < -0.39 is 10.0 Å². The van der Waals surface area contributed by atoms with Gasteiger partial charge < -0.3 is 5.32 Å². The number of hydrogen-bond acceptors (Lipinski definition) is 3. The molecule has 1 aromatic rings. The lowest BCUT2D eigenvalue weighted by Gasteiger charge is -2.20. The van der Waals surface area contributed by atoms with Crippen molar-refractivity contribution in [3.05, 3.63) is 29.8 Å². The standard InChI is InChI=1S/C16H28N2O2S/c1-5-14(2)13-18(4)21(19,20)16-10-8-15(9-11-16)7-6-12-17-3/h8-11,14,17H,5-7,12-13H2,1-4H3. The third kappa shape index (κ3) is 5.41. The van der Waals surface area contributed by atoms with Crippen LogP contribution >= 0.6 is 0 Å². The van der Waals surface area contributed by atoms with Gasteiger partial charge in [-0.05, 0) is 50.0 Å². The number of aryl methyl sites for hydroxylation is 1. The molecule has 0 fully saturated rings. The van der Waals surface area contributed by atoms with Crippen LogP contribution in [0, 0.1) is 5.92 Å². The summed E-state index contributed by atoms with van der Waals surface area (Å²) in [4.78, 5) is 0.380. The number of rotatable bonds is 9. The minimum atomic E-state index is -3.37. The van der Waals surface area contributed by atoms with Gasteiger partial charge in [-0.2, -0.15) is 0 Å². The molecule has 0 heterocycles. The van der Waals surface area contributed by atoms with Crippen LogP contribution in [0.15, 0.2) is 29.2 Å². The third-order valence-corrected chi connectivity index (χ3v) is 5.63. The molecular formula is C16H28N2O2S. The van der Waals surface area contributed by atoms with Crippen LogP contribution in [0.2, 0.25) is 0 Å². The van der Waals surface area contributed by atoms with Crippen LogP contribution in [0.1, 0.15) is 32.3 Å². The molecule has 0 aliphatic rings. The van der Waals surface area contributed by atoms with E-state index in [2.05, 4.69) is 19.2 Å². The molecule has 0 amide bonds. The molecule has 21 heavy (non-hydrogen) atoms. The fourth-order valence-electron chi connectivity index (χ4n) is 2.14. The fraction of sp³-hybridized carbons (Fsp3) is 0.625. The molecule has 120 valence electrons. The minimum Gasteiger partial charge on any atom is -0.320 e. The van der Waals surface area contributed by atoms with Crippen molar-refractivity contribution < 1.29 is 8.42 Å². The first-order chi connectivity index (χ1) is 9.91. The van der Waals surface area contributed by atoms with Gasteiger partial charge in [0.2, 0.25) is 10.0 Å². The van der Waals surface area contributed by atoms with E-state index >= 15 is 0 Å². The van der Waals surface area contributed by atoms with Crippen molar-refractivity contribution >= 4 is 10.0 Å². The maximum Gasteiger partial charge on any atom is 0.242 e. The second-order valence-electron chi connectivity index (χ2n) is 5.65. The van der Waals surface area contributed by atoms with E-state index in [-0.39, 0.29) is 0 Å². The van der Waals surface area contributed by atoms with Gasteiger partial charge in [0.25, 0.3) is 0 Å². The molecule has 0 aliphatic carbocycles. The van der Waals surface area contributed by atoms with Gasteiger partial charge in [-0.3, -0.25) is 0 Å². The molecule has 1 atom stereocenters. The lowest BCUT2D eigenvalue weighted by atomic mass is 10.1. The third-order valence-electron chi connectivity index (χ3n) is 3.79. The van der Waals surface area contributed by atoms with Gasteiger partial charge in [0.05, 0.1) is 4.90 Å². The topological polar surface area (TPSA) is 49.4 Å². The number of sulfonamides is 1. The summed E-state index contributed by atoms with van der Waals surface area (Å²) < 4.78 is 26.4. The molecule has 5 heteroatoms. The zero-order valence-corrected chi connectivity index (χ0v) is 14.4. The van der Waals surface area contributed by atoms with E-state index in [1.54, 1.807) is 19.2 Å². The smallest absolute Gasteiger partial charge is 0.242 e. The van der Waals surface area contributed by atoms with Crippen molar-refractivity contribution in [2.45, 2.75) is 38.0 Å². The molecular weight excluding hydrogens is 284 g/mol. The van der Waals surface area contributed by atoms with Crippen LogP contribution in [0.5, 0.6) is 0 Å². The quantitative estimate of drug-likeness (QED) is 0.713. The van der Waals surface area contributed by atoms with Crippen molar-refractivity contribution in [1.29, 1.82) is 0 Å². The highest BCUT2D eigenvalue weighted by atomic mass is 32.2. The first-order valence-electron chi connectivity index (χ1n) is 7.61. The summed E-state index contributed by atoms with van der Waals surface area (Å²) >= 11 is 0. The van der Waals surface area contributed by atoms with E-state index in [1.165, 1.54) is 9.87 Å². The van der Waals surface area contributed by atoms with Gasteiger partial charge >= 0.3 is 0 Å². The molecule has 0 aliphatic heterocycles. The molecule has 4 nitrogen and oxygen atoms in total. The van der Waals surface area contributed by atoms with Crippen molar-refractivity contribution in [3.8, 4) is 0 Å².